The number of ether oxygens (including phenoxy) is 1. The quantitative estimate of drug-likeness (QED) is 0.477. The summed E-state index contributed by atoms with van der Waals surface area (Å²) in [4.78, 5) is 24.9. The van der Waals surface area contributed by atoms with E-state index in [1.807, 2.05) is 79.7 Å². The zero-order chi connectivity index (χ0) is 21.8. The van der Waals surface area contributed by atoms with Gasteiger partial charge in [-0.05, 0) is 42.3 Å². The molecular formula is C25H23N3O3. The number of rotatable bonds is 6. The number of amides is 1. The van der Waals surface area contributed by atoms with Gasteiger partial charge in [0, 0.05) is 0 Å². The SMILES string of the molecule is Cc1c(C(=O)OCC(=O)NC(C)c2cccc3ccccc23)cnn1-c1ccccc1. The maximum absolute atomic E-state index is 12.5. The highest BCUT2D eigenvalue weighted by molar-refractivity contribution is 5.92. The molecule has 0 bridgehead atoms. The molecule has 0 saturated carbocycles. The first kappa shape index (κ1) is 20.3. The lowest BCUT2D eigenvalue weighted by Gasteiger charge is -2.16. The van der Waals surface area contributed by atoms with E-state index in [2.05, 4.69) is 10.4 Å². The number of carbonyl (C=O) groups is 2. The Morgan fingerprint density at radius 2 is 1.71 bits per heavy atom. The molecule has 0 saturated heterocycles. The van der Waals surface area contributed by atoms with Crippen LogP contribution < -0.4 is 5.32 Å². The summed E-state index contributed by atoms with van der Waals surface area (Å²) in [5, 5.41) is 9.36. The van der Waals surface area contributed by atoms with Crippen LogP contribution in [0, 0.1) is 6.92 Å². The van der Waals surface area contributed by atoms with Crippen molar-refractivity contribution < 1.29 is 14.3 Å². The zero-order valence-corrected chi connectivity index (χ0v) is 17.4. The van der Waals surface area contributed by atoms with E-state index in [4.69, 9.17) is 4.74 Å². The molecule has 6 heteroatoms. The van der Waals surface area contributed by atoms with Crippen molar-refractivity contribution in [3.05, 3.63) is 95.8 Å². The van der Waals surface area contributed by atoms with Crippen LogP contribution in [0.15, 0.2) is 79.0 Å². The first-order valence-electron chi connectivity index (χ1n) is 10.1. The Morgan fingerprint density at radius 1 is 1.00 bits per heavy atom. The van der Waals surface area contributed by atoms with Crippen molar-refractivity contribution in [1.82, 2.24) is 15.1 Å². The van der Waals surface area contributed by atoms with Crippen molar-refractivity contribution in [2.75, 3.05) is 6.61 Å². The van der Waals surface area contributed by atoms with Crippen molar-refractivity contribution >= 4 is 22.6 Å². The molecule has 0 radical (unpaired) electrons. The first-order valence-corrected chi connectivity index (χ1v) is 10.1. The Bertz CT molecular complexity index is 1230. The number of nitrogens with one attached hydrogen (secondary N) is 1. The molecule has 1 heterocycles. The summed E-state index contributed by atoms with van der Waals surface area (Å²) in [5.41, 5.74) is 2.85. The van der Waals surface area contributed by atoms with E-state index in [0.29, 0.717) is 11.3 Å². The van der Waals surface area contributed by atoms with E-state index in [9.17, 15) is 9.59 Å². The molecular weight excluding hydrogens is 390 g/mol. The molecule has 1 amide bonds. The molecule has 1 atom stereocenters. The molecule has 6 nitrogen and oxygen atoms in total. The molecule has 0 fully saturated rings. The van der Waals surface area contributed by atoms with E-state index in [1.165, 1.54) is 6.20 Å². The Kier molecular flexibility index (Phi) is 5.80. The zero-order valence-electron chi connectivity index (χ0n) is 17.4. The molecule has 156 valence electrons. The third-order valence-corrected chi connectivity index (χ3v) is 5.23. The molecule has 1 aromatic heterocycles. The van der Waals surface area contributed by atoms with E-state index in [-0.39, 0.29) is 18.6 Å². The van der Waals surface area contributed by atoms with Crippen LogP contribution in [0.2, 0.25) is 0 Å². The fourth-order valence-electron chi connectivity index (χ4n) is 3.64. The predicted octanol–water partition coefficient (Wildman–Crippen LogP) is 4.37. The summed E-state index contributed by atoms with van der Waals surface area (Å²) in [7, 11) is 0. The van der Waals surface area contributed by atoms with Gasteiger partial charge in [-0.15, -0.1) is 0 Å². The van der Waals surface area contributed by atoms with Crippen LogP contribution >= 0.6 is 0 Å². The van der Waals surface area contributed by atoms with Gasteiger partial charge in [-0.1, -0.05) is 60.7 Å². The van der Waals surface area contributed by atoms with E-state index in [0.717, 1.165) is 22.0 Å². The van der Waals surface area contributed by atoms with Gasteiger partial charge in [0.25, 0.3) is 5.91 Å². The number of aromatic nitrogens is 2. The maximum atomic E-state index is 12.5. The third-order valence-electron chi connectivity index (χ3n) is 5.23. The third kappa shape index (κ3) is 4.33. The van der Waals surface area contributed by atoms with Gasteiger partial charge < -0.3 is 10.1 Å². The Hall–Kier alpha value is -3.93. The molecule has 31 heavy (non-hydrogen) atoms. The number of nitrogens with zero attached hydrogens (tertiary/aromatic N) is 2. The molecule has 0 aliphatic heterocycles. The maximum Gasteiger partial charge on any atom is 0.342 e. The van der Waals surface area contributed by atoms with E-state index < -0.39 is 5.97 Å². The van der Waals surface area contributed by atoms with Crippen molar-refractivity contribution in [3.63, 3.8) is 0 Å². The average molecular weight is 413 g/mol. The number of benzene rings is 3. The molecule has 0 spiro atoms. The number of para-hydroxylation sites is 1. The normalized spacial score (nSPS) is 11.8. The van der Waals surface area contributed by atoms with Crippen molar-refractivity contribution in [3.8, 4) is 5.69 Å². The summed E-state index contributed by atoms with van der Waals surface area (Å²) in [6.07, 6.45) is 1.46. The van der Waals surface area contributed by atoms with Crippen LogP contribution in [0.4, 0.5) is 0 Å². The first-order chi connectivity index (χ1) is 15.0. The van der Waals surface area contributed by atoms with E-state index in [1.54, 1.807) is 11.6 Å². The van der Waals surface area contributed by atoms with Crippen LogP contribution in [0.1, 0.15) is 34.6 Å². The van der Waals surface area contributed by atoms with E-state index >= 15 is 0 Å². The van der Waals surface area contributed by atoms with Crippen LogP contribution in [0.3, 0.4) is 0 Å². The Morgan fingerprint density at radius 3 is 2.52 bits per heavy atom. The smallest absolute Gasteiger partial charge is 0.342 e. The van der Waals surface area contributed by atoms with Gasteiger partial charge in [-0.2, -0.15) is 5.10 Å². The number of fused-ring (bicyclic) bond motifs is 1. The fraction of sp³-hybridized carbons (Fsp3) is 0.160. The topological polar surface area (TPSA) is 73.2 Å². The molecule has 1 unspecified atom stereocenters. The van der Waals surface area contributed by atoms with Gasteiger partial charge in [-0.3, -0.25) is 4.79 Å². The van der Waals surface area contributed by atoms with Crippen LogP contribution in [0.5, 0.6) is 0 Å². The Labute approximate surface area is 180 Å². The van der Waals surface area contributed by atoms with Crippen molar-refractivity contribution in [2.24, 2.45) is 0 Å². The highest BCUT2D eigenvalue weighted by Crippen LogP contribution is 2.24. The van der Waals surface area contributed by atoms with Crippen molar-refractivity contribution in [1.29, 1.82) is 0 Å². The summed E-state index contributed by atoms with van der Waals surface area (Å²) in [5.74, 6) is -0.936. The van der Waals surface area contributed by atoms with Crippen LogP contribution in [-0.4, -0.2) is 28.3 Å². The second kappa shape index (κ2) is 8.83. The Balaban J connectivity index is 1.39. The minimum atomic E-state index is -0.576. The second-order valence-electron chi connectivity index (χ2n) is 7.32. The minimum Gasteiger partial charge on any atom is -0.452 e. The summed E-state index contributed by atoms with van der Waals surface area (Å²) >= 11 is 0. The van der Waals surface area contributed by atoms with Gasteiger partial charge in [0.1, 0.15) is 5.56 Å². The average Bonchev–Trinajstić information content (AvgIpc) is 3.19. The monoisotopic (exact) mass is 413 g/mol. The number of hydrogen-bond donors (Lipinski definition) is 1. The summed E-state index contributed by atoms with van der Waals surface area (Å²) < 4.78 is 6.91. The largest absolute Gasteiger partial charge is 0.452 e. The molecule has 4 rings (SSSR count). The summed E-state index contributed by atoms with van der Waals surface area (Å²) in [6, 6.07) is 23.3. The predicted molar refractivity (Wildman–Crippen MR) is 119 cm³/mol. The number of esters is 1. The lowest BCUT2D eigenvalue weighted by atomic mass is 10.00. The number of hydrogen-bond acceptors (Lipinski definition) is 4. The summed E-state index contributed by atoms with van der Waals surface area (Å²) in [6.45, 7) is 3.35. The highest BCUT2D eigenvalue weighted by atomic mass is 16.5. The number of carbonyl (C=O) groups excluding carboxylic acids is 2. The lowest BCUT2D eigenvalue weighted by Crippen LogP contribution is -2.31. The van der Waals surface area contributed by atoms with Crippen LogP contribution in [-0.2, 0) is 9.53 Å². The fourth-order valence-corrected chi connectivity index (χ4v) is 3.64. The second-order valence-corrected chi connectivity index (χ2v) is 7.32. The molecule has 3 aromatic carbocycles. The van der Waals surface area contributed by atoms with Gasteiger partial charge >= 0.3 is 5.97 Å². The minimum absolute atomic E-state index is 0.222. The lowest BCUT2D eigenvalue weighted by molar-refractivity contribution is -0.124. The molecule has 1 N–H and O–H groups in total. The highest BCUT2D eigenvalue weighted by Gasteiger charge is 2.19. The molecule has 4 aromatic rings. The van der Waals surface area contributed by atoms with Crippen molar-refractivity contribution in [2.45, 2.75) is 19.9 Å². The van der Waals surface area contributed by atoms with Gasteiger partial charge in [0.15, 0.2) is 6.61 Å². The van der Waals surface area contributed by atoms with Gasteiger partial charge in [0.2, 0.25) is 0 Å². The molecule has 0 aliphatic carbocycles. The van der Waals surface area contributed by atoms with Gasteiger partial charge in [-0.25, -0.2) is 9.48 Å². The van der Waals surface area contributed by atoms with Gasteiger partial charge in [0.05, 0.1) is 23.6 Å². The standard InChI is InChI=1S/C25H23N3O3/c1-17(21-14-8-10-19-9-6-7-13-22(19)21)27-24(29)16-31-25(30)23-15-26-28(18(23)2)20-11-4-3-5-12-20/h3-15,17H,16H2,1-2H3,(H,27,29). The van der Waals surface area contributed by atoms with Crippen LogP contribution in [0.25, 0.3) is 16.5 Å². The molecule has 0 aliphatic rings.